The van der Waals surface area contributed by atoms with E-state index in [1.807, 2.05) is 30.5 Å². The van der Waals surface area contributed by atoms with Gasteiger partial charge >= 0.3 is 0 Å². The Balaban J connectivity index is 1.96. The molecule has 3 nitrogen and oxygen atoms in total. The van der Waals surface area contributed by atoms with Crippen molar-refractivity contribution < 1.29 is 0 Å². The van der Waals surface area contributed by atoms with Crippen LogP contribution < -0.4 is 11.1 Å². The lowest BCUT2D eigenvalue weighted by atomic mass is 9.96. The summed E-state index contributed by atoms with van der Waals surface area (Å²) in [5, 5.41) is 5.76. The number of aliphatic imine (C=N–C) groups is 1. The van der Waals surface area contributed by atoms with E-state index in [-0.39, 0.29) is 0 Å². The Morgan fingerprint density at radius 2 is 1.68 bits per heavy atom. The lowest BCUT2D eigenvalue weighted by Gasteiger charge is -2.13. The molecule has 3 N–H and O–H groups in total. The molecule has 22 heavy (non-hydrogen) atoms. The Morgan fingerprint density at radius 1 is 0.864 bits per heavy atom. The predicted octanol–water partition coefficient (Wildman–Crippen LogP) is 4.16. The Hall–Kier alpha value is -3.07. The Morgan fingerprint density at radius 3 is 2.55 bits per heavy atom. The number of benzene rings is 3. The maximum atomic E-state index is 5.79. The standard InChI is InChI=1S/C19H15N3/c20-15-8-5-14(6-9-15)18-17-10-7-13-3-1-2-4-16(13)19(17)22-12-11-21-18/h1-12,22H,20H2. The maximum Gasteiger partial charge on any atom is 0.0796 e. The van der Waals surface area contributed by atoms with Crippen molar-refractivity contribution in [1.82, 2.24) is 0 Å². The molecule has 3 aromatic carbocycles. The number of hydrogen-bond acceptors (Lipinski definition) is 3. The minimum Gasteiger partial charge on any atom is -0.399 e. The van der Waals surface area contributed by atoms with Crippen LogP contribution in [0.5, 0.6) is 0 Å². The summed E-state index contributed by atoms with van der Waals surface area (Å²) >= 11 is 0. The minimum atomic E-state index is 0.755. The van der Waals surface area contributed by atoms with Crippen molar-refractivity contribution in [1.29, 1.82) is 0 Å². The molecular formula is C19H15N3. The average molecular weight is 285 g/mol. The number of rotatable bonds is 1. The van der Waals surface area contributed by atoms with Crippen LogP contribution in [0.3, 0.4) is 0 Å². The molecule has 0 aliphatic carbocycles. The summed E-state index contributed by atoms with van der Waals surface area (Å²) in [6, 6.07) is 20.4. The third-order valence-corrected chi connectivity index (χ3v) is 3.87. The van der Waals surface area contributed by atoms with Gasteiger partial charge in [0.15, 0.2) is 0 Å². The van der Waals surface area contributed by atoms with Gasteiger partial charge in [-0.05, 0) is 17.5 Å². The smallest absolute Gasteiger partial charge is 0.0796 e. The summed E-state index contributed by atoms with van der Waals surface area (Å²) in [7, 11) is 0. The number of fused-ring (bicyclic) bond motifs is 3. The molecule has 0 radical (unpaired) electrons. The van der Waals surface area contributed by atoms with E-state index in [1.54, 1.807) is 6.20 Å². The highest BCUT2D eigenvalue weighted by Gasteiger charge is 2.15. The first-order valence-corrected chi connectivity index (χ1v) is 7.20. The molecule has 0 amide bonds. The molecule has 0 spiro atoms. The topological polar surface area (TPSA) is 50.4 Å². The Bertz CT molecular complexity index is 906. The van der Waals surface area contributed by atoms with Crippen LogP contribution in [-0.2, 0) is 0 Å². The van der Waals surface area contributed by atoms with Gasteiger partial charge in [0.1, 0.15) is 0 Å². The second-order valence-electron chi connectivity index (χ2n) is 5.27. The van der Waals surface area contributed by atoms with E-state index in [2.05, 4.69) is 46.7 Å². The van der Waals surface area contributed by atoms with E-state index in [9.17, 15) is 0 Å². The van der Waals surface area contributed by atoms with Crippen molar-refractivity contribution in [3.63, 3.8) is 0 Å². The van der Waals surface area contributed by atoms with Crippen LogP contribution in [0.25, 0.3) is 10.8 Å². The van der Waals surface area contributed by atoms with Gasteiger partial charge in [0.2, 0.25) is 0 Å². The van der Waals surface area contributed by atoms with Gasteiger partial charge in [-0.2, -0.15) is 0 Å². The molecule has 0 bridgehead atoms. The van der Waals surface area contributed by atoms with Crippen molar-refractivity contribution >= 4 is 27.9 Å². The molecule has 1 aliphatic heterocycles. The lowest BCUT2D eigenvalue weighted by molar-refractivity contribution is 1.52. The summed E-state index contributed by atoms with van der Waals surface area (Å²) in [6.07, 6.45) is 3.66. The molecule has 0 atom stereocenters. The van der Waals surface area contributed by atoms with Crippen molar-refractivity contribution in [2.45, 2.75) is 0 Å². The molecule has 3 heteroatoms. The molecular weight excluding hydrogens is 270 g/mol. The zero-order chi connectivity index (χ0) is 14.9. The molecule has 1 aliphatic rings. The monoisotopic (exact) mass is 285 g/mol. The van der Waals surface area contributed by atoms with Crippen molar-refractivity contribution in [3.05, 3.63) is 84.2 Å². The van der Waals surface area contributed by atoms with E-state index in [0.717, 1.165) is 28.2 Å². The van der Waals surface area contributed by atoms with Gasteiger partial charge in [-0.25, -0.2) is 0 Å². The number of nitrogens with two attached hydrogens (primary N) is 1. The van der Waals surface area contributed by atoms with Gasteiger partial charge in [-0.1, -0.05) is 48.5 Å². The van der Waals surface area contributed by atoms with Gasteiger partial charge in [-0.15, -0.1) is 0 Å². The average Bonchev–Trinajstić information content (AvgIpc) is 2.78. The van der Waals surface area contributed by atoms with Gasteiger partial charge in [-0.3, -0.25) is 4.99 Å². The molecule has 1 heterocycles. The van der Waals surface area contributed by atoms with Crippen LogP contribution in [0.15, 0.2) is 78.1 Å². The highest BCUT2D eigenvalue weighted by molar-refractivity contribution is 6.20. The zero-order valence-electron chi connectivity index (χ0n) is 12.0. The Labute approximate surface area is 128 Å². The molecule has 0 saturated heterocycles. The van der Waals surface area contributed by atoms with Crippen molar-refractivity contribution in [3.8, 4) is 0 Å². The highest BCUT2D eigenvalue weighted by Crippen LogP contribution is 2.31. The first-order chi connectivity index (χ1) is 10.8. The van der Waals surface area contributed by atoms with Gasteiger partial charge < -0.3 is 11.1 Å². The number of hydrogen-bond donors (Lipinski definition) is 2. The zero-order valence-corrected chi connectivity index (χ0v) is 12.0. The number of nitrogens with one attached hydrogen (secondary N) is 1. The van der Waals surface area contributed by atoms with Crippen molar-refractivity contribution in [2.75, 3.05) is 11.1 Å². The summed E-state index contributed by atoms with van der Waals surface area (Å²) in [5.74, 6) is 0. The van der Waals surface area contributed by atoms with E-state index in [4.69, 9.17) is 5.73 Å². The molecule has 0 unspecified atom stereocenters. The number of anilines is 2. The quantitative estimate of drug-likeness (QED) is 0.660. The van der Waals surface area contributed by atoms with Gasteiger partial charge in [0.25, 0.3) is 0 Å². The molecule has 106 valence electrons. The van der Waals surface area contributed by atoms with E-state index in [0.29, 0.717) is 0 Å². The Kier molecular flexibility index (Phi) is 2.90. The van der Waals surface area contributed by atoms with Crippen LogP contribution in [0.4, 0.5) is 11.4 Å². The molecule has 4 rings (SSSR count). The van der Waals surface area contributed by atoms with Crippen LogP contribution >= 0.6 is 0 Å². The SMILES string of the molecule is Nc1ccc(C2=NC=CNc3c2ccc2ccccc32)cc1. The van der Waals surface area contributed by atoms with Gasteiger partial charge in [0, 0.05) is 34.6 Å². The van der Waals surface area contributed by atoms with E-state index >= 15 is 0 Å². The van der Waals surface area contributed by atoms with Crippen LogP contribution in [0, 0.1) is 0 Å². The van der Waals surface area contributed by atoms with Crippen LogP contribution in [0.2, 0.25) is 0 Å². The summed E-state index contributed by atoms with van der Waals surface area (Å²) in [6.45, 7) is 0. The number of nitrogen functional groups attached to an aromatic ring is 1. The highest BCUT2D eigenvalue weighted by atomic mass is 14.9. The molecule has 0 saturated carbocycles. The fourth-order valence-corrected chi connectivity index (χ4v) is 2.80. The first kappa shape index (κ1) is 12.7. The third kappa shape index (κ3) is 2.04. The first-order valence-electron chi connectivity index (χ1n) is 7.20. The largest absolute Gasteiger partial charge is 0.399 e. The fourth-order valence-electron chi connectivity index (χ4n) is 2.80. The second kappa shape index (κ2) is 5.04. The summed E-state index contributed by atoms with van der Waals surface area (Å²) < 4.78 is 0. The minimum absolute atomic E-state index is 0.755. The van der Waals surface area contributed by atoms with Gasteiger partial charge in [0.05, 0.1) is 11.4 Å². The molecule has 3 aromatic rings. The maximum absolute atomic E-state index is 5.79. The van der Waals surface area contributed by atoms with Crippen LogP contribution in [-0.4, -0.2) is 5.71 Å². The molecule has 0 aromatic heterocycles. The summed E-state index contributed by atoms with van der Waals surface area (Å²) in [4.78, 5) is 4.60. The number of nitrogens with zero attached hydrogens (tertiary/aromatic N) is 1. The van der Waals surface area contributed by atoms with E-state index < -0.39 is 0 Å². The van der Waals surface area contributed by atoms with Crippen LogP contribution in [0.1, 0.15) is 11.1 Å². The summed E-state index contributed by atoms with van der Waals surface area (Å²) in [5.41, 5.74) is 10.7. The third-order valence-electron chi connectivity index (χ3n) is 3.87. The van der Waals surface area contributed by atoms with E-state index in [1.165, 1.54) is 10.8 Å². The normalized spacial score (nSPS) is 13.2. The second-order valence-corrected chi connectivity index (χ2v) is 5.27. The predicted molar refractivity (Wildman–Crippen MR) is 93.2 cm³/mol. The molecule has 0 fully saturated rings. The van der Waals surface area contributed by atoms with Crippen molar-refractivity contribution in [2.24, 2.45) is 4.99 Å². The lowest BCUT2D eigenvalue weighted by Crippen LogP contribution is -2.05. The fraction of sp³-hybridized carbons (Fsp3) is 0.